The molecule has 0 saturated heterocycles. The summed E-state index contributed by atoms with van der Waals surface area (Å²) in [7, 11) is 0. The van der Waals surface area contributed by atoms with Crippen LogP contribution in [0.5, 0.6) is 23.0 Å². The van der Waals surface area contributed by atoms with Gasteiger partial charge in [0.2, 0.25) is 0 Å². The van der Waals surface area contributed by atoms with E-state index in [1.165, 1.54) is 47.0 Å². The van der Waals surface area contributed by atoms with E-state index in [0.29, 0.717) is 50.7 Å². The van der Waals surface area contributed by atoms with Crippen molar-refractivity contribution >= 4 is 59.0 Å². The lowest BCUT2D eigenvalue weighted by Crippen LogP contribution is -2.11. The average molecular weight is 613 g/mol. The summed E-state index contributed by atoms with van der Waals surface area (Å²) in [6, 6.07) is 21.1. The molecule has 0 atom stereocenters. The van der Waals surface area contributed by atoms with Crippen molar-refractivity contribution in [2.24, 2.45) is 0 Å². The van der Waals surface area contributed by atoms with Crippen LogP contribution in [0.1, 0.15) is 0 Å². The molecule has 5 rings (SSSR count). The van der Waals surface area contributed by atoms with Crippen LogP contribution < -0.4 is 9.47 Å². The number of carboxylic acid groups (broad SMARTS) is 2. The highest BCUT2D eigenvalue weighted by Crippen LogP contribution is 2.52. The van der Waals surface area contributed by atoms with Crippen molar-refractivity contribution in [3.63, 3.8) is 0 Å². The van der Waals surface area contributed by atoms with Gasteiger partial charge < -0.3 is 29.9 Å². The molecule has 4 aromatic carbocycles. The lowest BCUT2D eigenvalue weighted by Gasteiger charge is -2.19. The third-order valence-corrected chi connectivity index (χ3v) is 9.73. The normalized spacial score (nSPS) is 12.4. The number of carbonyl (C=O) groups is 2. The van der Waals surface area contributed by atoms with Gasteiger partial charge in [-0.25, -0.2) is 9.59 Å². The van der Waals surface area contributed by atoms with Crippen molar-refractivity contribution < 1.29 is 39.5 Å². The van der Waals surface area contributed by atoms with Crippen molar-refractivity contribution in [3.8, 4) is 23.0 Å². The first-order valence-corrected chi connectivity index (χ1v) is 14.9. The molecule has 0 aromatic heterocycles. The van der Waals surface area contributed by atoms with E-state index in [2.05, 4.69) is 0 Å². The molecule has 8 nitrogen and oxygen atoms in total. The van der Waals surface area contributed by atoms with E-state index in [1.807, 2.05) is 0 Å². The zero-order valence-corrected chi connectivity index (χ0v) is 23.7. The van der Waals surface area contributed by atoms with Gasteiger partial charge in [0.25, 0.3) is 0 Å². The molecule has 0 aliphatic carbocycles. The summed E-state index contributed by atoms with van der Waals surface area (Å²) in [5.41, 5.74) is 0. The van der Waals surface area contributed by atoms with E-state index in [0.717, 1.165) is 0 Å². The maximum absolute atomic E-state index is 11.4. The number of benzene rings is 4. The van der Waals surface area contributed by atoms with Crippen molar-refractivity contribution in [3.05, 3.63) is 72.8 Å². The summed E-state index contributed by atoms with van der Waals surface area (Å²) in [5.74, 6) is -1.67. The minimum Gasteiger partial charge on any atom is -0.506 e. The summed E-state index contributed by atoms with van der Waals surface area (Å²) in [4.78, 5) is 27.1. The zero-order chi connectivity index (χ0) is 28.2. The average Bonchev–Trinajstić information content (AvgIpc) is 2.91. The summed E-state index contributed by atoms with van der Waals surface area (Å²) in [5, 5.41) is 40.9. The largest absolute Gasteiger partial charge is 0.506 e. The predicted molar refractivity (Wildman–Crippen MR) is 152 cm³/mol. The van der Waals surface area contributed by atoms with E-state index in [1.54, 1.807) is 72.8 Å². The Morgan fingerprint density at radius 3 is 1.05 bits per heavy atom. The standard InChI is InChI=1S/C28H20O8S4/c29-23(30)13-35-27-19-9-3-11-21(27)40-22-12-4-10-20(28(22)36-14-24(31)32)39-18-8-2-6-16(26(18)34)37-15-5-1-7-17(38-19)25(15)33/h1-12,33-34H,13-14H2,(H,29,30)(H,31,32). The summed E-state index contributed by atoms with van der Waals surface area (Å²) >= 11 is 4.84. The van der Waals surface area contributed by atoms with E-state index in [9.17, 15) is 30.0 Å². The van der Waals surface area contributed by atoms with Crippen molar-refractivity contribution in [2.75, 3.05) is 13.2 Å². The molecule has 0 spiro atoms. The third-order valence-electron chi connectivity index (χ3n) is 5.37. The van der Waals surface area contributed by atoms with E-state index in [-0.39, 0.29) is 11.5 Å². The second-order valence-electron chi connectivity index (χ2n) is 8.15. The zero-order valence-electron chi connectivity index (χ0n) is 20.4. The van der Waals surface area contributed by atoms with Crippen molar-refractivity contribution in [1.29, 1.82) is 0 Å². The minimum absolute atomic E-state index is 0.0128. The first-order chi connectivity index (χ1) is 19.3. The summed E-state index contributed by atoms with van der Waals surface area (Å²) < 4.78 is 11.5. The molecule has 4 N–H and O–H groups in total. The number of aliphatic carboxylic acids is 2. The fraction of sp³-hybridized carbons (Fsp3) is 0.0714. The second kappa shape index (κ2) is 12.3. The van der Waals surface area contributed by atoms with E-state index < -0.39 is 25.2 Å². The van der Waals surface area contributed by atoms with E-state index >= 15 is 0 Å². The number of para-hydroxylation sites is 4. The van der Waals surface area contributed by atoms with Crippen LogP contribution in [0.2, 0.25) is 0 Å². The van der Waals surface area contributed by atoms with Crippen LogP contribution in [-0.2, 0) is 9.59 Å². The lowest BCUT2D eigenvalue weighted by atomic mass is 10.3. The molecular formula is C28H20O8S4. The van der Waals surface area contributed by atoms with Gasteiger partial charge in [-0.2, -0.15) is 0 Å². The molecule has 1 aliphatic heterocycles. The Labute approximate surface area is 245 Å². The van der Waals surface area contributed by atoms with Crippen LogP contribution in [0.25, 0.3) is 0 Å². The highest BCUT2D eigenvalue weighted by Gasteiger charge is 2.22. The van der Waals surface area contributed by atoms with Crippen LogP contribution in [0, 0.1) is 0 Å². The molecule has 204 valence electrons. The number of ether oxygens (including phenoxy) is 2. The lowest BCUT2D eigenvalue weighted by molar-refractivity contribution is -0.140. The van der Waals surface area contributed by atoms with Gasteiger partial charge in [0, 0.05) is 0 Å². The molecule has 0 saturated carbocycles. The van der Waals surface area contributed by atoms with Crippen molar-refractivity contribution in [2.45, 2.75) is 39.2 Å². The molecule has 0 amide bonds. The number of phenols is 2. The number of hydrogen-bond acceptors (Lipinski definition) is 10. The molecule has 1 aliphatic rings. The number of hydrogen-bond donors (Lipinski definition) is 4. The Hall–Kier alpha value is -3.58. The topological polar surface area (TPSA) is 134 Å². The van der Waals surface area contributed by atoms with Crippen LogP contribution in [0.4, 0.5) is 0 Å². The van der Waals surface area contributed by atoms with Gasteiger partial charge in [0.1, 0.15) is 23.0 Å². The molecule has 0 unspecified atom stereocenters. The van der Waals surface area contributed by atoms with Gasteiger partial charge in [-0.05, 0) is 48.5 Å². The van der Waals surface area contributed by atoms with Gasteiger partial charge in [0.15, 0.2) is 13.2 Å². The predicted octanol–water partition coefficient (Wildman–Crippen LogP) is 6.94. The fourth-order valence-electron chi connectivity index (χ4n) is 3.67. The fourth-order valence-corrected chi connectivity index (χ4v) is 7.92. The Bertz CT molecular complexity index is 1490. The van der Waals surface area contributed by atoms with Crippen molar-refractivity contribution in [1.82, 2.24) is 0 Å². The minimum atomic E-state index is -1.15. The molecular weight excluding hydrogens is 593 g/mol. The molecule has 1 heterocycles. The Balaban J connectivity index is 1.72. The molecule has 4 aromatic rings. The first kappa shape index (κ1) is 28.0. The molecule has 8 bridgehead atoms. The molecule has 40 heavy (non-hydrogen) atoms. The van der Waals surface area contributed by atoms with Gasteiger partial charge in [-0.3, -0.25) is 0 Å². The quantitative estimate of drug-likeness (QED) is 0.158. The summed E-state index contributed by atoms with van der Waals surface area (Å²) in [6.07, 6.45) is 0. The maximum Gasteiger partial charge on any atom is 0.341 e. The molecule has 0 fully saturated rings. The van der Waals surface area contributed by atoms with Gasteiger partial charge in [0.05, 0.1) is 39.2 Å². The number of rotatable bonds is 6. The van der Waals surface area contributed by atoms with Crippen LogP contribution in [0.15, 0.2) is 112 Å². The Kier molecular flexibility index (Phi) is 8.60. The van der Waals surface area contributed by atoms with Gasteiger partial charge >= 0.3 is 11.9 Å². The number of phenolic OH excluding ortho intramolecular Hbond substituents is 2. The van der Waals surface area contributed by atoms with Crippen LogP contribution >= 0.6 is 47.0 Å². The SMILES string of the molecule is O=C(O)COc1c2cccc1Sc1cccc(c1OCC(=O)O)Sc1cccc(c1O)Sc1cccc(c1O)S2. The Morgan fingerprint density at radius 2 is 0.750 bits per heavy atom. The van der Waals surface area contributed by atoms with E-state index in [4.69, 9.17) is 9.47 Å². The van der Waals surface area contributed by atoms with Gasteiger partial charge in [-0.1, -0.05) is 71.3 Å². The highest BCUT2D eigenvalue weighted by atomic mass is 32.2. The number of aromatic hydroxyl groups is 2. The smallest absolute Gasteiger partial charge is 0.341 e. The Morgan fingerprint density at radius 1 is 0.500 bits per heavy atom. The molecule has 12 heteroatoms. The number of carboxylic acids is 2. The molecule has 0 radical (unpaired) electrons. The third kappa shape index (κ3) is 6.25. The maximum atomic E-state index is 11.4. The van der Waals surface area contributed by atoms with Crippen LogP contribution in [0.3, 0.4) is 0 Å². The second-order valence-corrected chi connectivity index (χ2v) is 12.5. The first-order valence-electron chi connectivity index (χ1n) is 11.6. The highest BCUT2D eigenvalue weighted by molar-refractivity contribution is 8.01. The monoisotopic (exact) mass is 612 g/mol. The van der Waals surface area contributed by atoms with Crippen LogP contribution in [-0.4, -0.2) is 45.6 Å². The summed E-state index contributed by atoms with van der Waals surface area (Å²) in [6.45, 7) is -1.17. The number of fused-ring (bicyclic) bond motifs is 8. The van der Waals surface area contributed by atoms with Gasteiger partial charge in [-0.15, -0.1) is 0 Å².